The summed E-state index contributed by atoms with van der Waals surface area (Å²) in [6, 6.07) is 13.9. The smallest absolute Gasteiger partial charge is 0.248 e. The van der Waals surface area contributed by atoms with Gasteiger partial charge in [-0.25, -0.2) is 8.42 Å². The van der Waals surface area contributed by atoms with Gasteiger partial charge in [-0.1, -0.05) is 51.1 Å². The molecule has 0 fully saturated rings. The second-order valence-corrected chi connectivity index (χ2v) is 8.85. The van der Waals surface area contributed by atoms with Crippen molar-refractivity contribution < 1.29 is 13.2 Å². The largest absolute Gasteiger partial charge is 0.324 e. The Balaban J connectivity index is 2.33. The summed E-state index contributed by atoms with van der Waals surface area (Å²) in [6.07, 6.45) is 1.98. The third kappa shape index (κ3) is 5.10. The van der Waals surface area contributed by atoms with Crippen LogP contribution in [0.25, 0.3) is 0 Å². The number of aryl methyl sites for hydroxylation is 1. The van der Waals surface area contributed by atoms with E-state index >= 15 is 0 Å². The van der Waals surface area contributed by atoms with Gasteiger partial charge in [-0.05, 0) is 48.6 Å². The number of anilines is 2. The number of nitrogens with zero attached hydrogens (tertiary/aromatic N) is 1. The molecule has 2 rings (SSSR count). The van der Waals surface area contributed by atoms with E-state index in [0.29, 0.717) is 11.4 Å². The molecule has 6 heteroatoms. The van der Waals surface area contributed by atoms with Crippen molar-refractivity contribution in [3.05, 3.63) is 59.7 Å². The topological polar surface area (TPSA) is 66.5 Å². The summed E-state index contributed by atoms with van der Waals surface area (Å²) < 4.78 is 26.0. The van der Waals surface area contributed by atoms with Gasteiger partial charge >= 0.3 is 0 Å². The van der Waals surface area contributed by atoms with Crippen LogP contribution in [-0.4, -0.2) is 26.6 Å². The molecule has 146 valence electrons. The van der Waals surface area contributed by atoms with E-state index < -0.39 is 16.1 Å². The van der Waals surface area contributed by atoms with Gasteiger partial charge in [0.15, 0.2) is 0 Å². The van der Waals surface area contributed by atoms with Crippen molar-refractivity contribution in [3.63, 3.8) is 0 Å². The zero-order chi connectivity index (χ0) is 20.2. The lowest BCUT2D eigenvalue weighted by Gasteiger charge is -2.28. The van der Waals surface area contributed by atoms with E-state index in [0.717, 1.165) is 23.8 Å². The van der Waals surface area contributed by atoms with Gasteiger partial charge in [-0.15, -0.1) is 0 Å². The minimum absolute atomic E-state index is 0.240. The second kappa shape index (κ2) is 8.57. The van der Waals surface area contributed by atoms with E-state index in [1.807, 2.05) is 57.2 Å². The highest BCUT2D eigenvalue weighted by Gasteiger charge is 2.29. The Hall–Kier alpha value is -2.34. The summed E-state index contributed by atoms with van der Waals surface area (Å²) in [5.41, 5.74) is 3.31. The minimum Gasteiger partial charge on any atom is -0.324 e. The average molecular weight is 389 g/mol. The number of sulfonamides is 1. The number of amides is 1. The molecule has 0 aliphatic rings. The van der Waals surface area contributed by atoms with Gasteiger partial charge in [-0.2, -0.15) is 0 Å². The first-order chi connectivity index (χ1) is 12.6. The van der Waals surface area contributed by atoms with Crippen LogP contribution in [0, 0.1) is 0 Å². The maximum atomic E-state index is 12.9. The highest BCUT2D eigenvalue weighted by Crippen LogP contribution is 2.26. The van der Waals surface area contributed by atoms with Crippen molar-refractivity contribution >= 4 is 27.3 Å². The predicted molar refractivity (Wildman–Crippen MR) is 112 cm³/mol. The Bertz CT molecular complexity index is 890. The molecule has 0 unspecified atom stereocenters. The third-order valence-corrected chi connectivity index (χ3v) is 5.77. The monoisotopic (exact) mass is 388 g/mol. The fourth-order valence-corrected chi connectivity index (χ4v) is 4.21. The first-order valence-electron chi connectivity index (χ1n) is 9.13. The molecule has 0 saturated carbocycles. The summed E-state index contributed by atoms with van der Waals surface area (Å²) in [6.45, 7) is 7.73. The molecule has 1 atom stereocenters. The molecule has 1 N–H and O–H groups in total. The number of nitrogens with one attached hydrogen (secondary N) is 1. The van der Waals surface area contributed by atoms with Crippen molar-refractivity contribution in [2.45, 2.75) is 46.1 Å². The first kappa shape index (κ1) is 21.0. The number of rotatable bonds is 7. The van der Waals surface area contributed by atoms with Gasteiger partial charge in [0.25, 0.3) is 0 Å². The minimum atomic E-state index is -3.63. The molecular weight excluding hydrogens is 360 g/mol. The maximum absolute atomic E-state index is 12.9. The van der Waals surface area contributed by atoms with Crippen molar-refractivity contribution in [1.82, 2.24) is 0 Å². The van der Waals surface area contributed by atoms with Crippen LogP contribution in [0.15, 0.2) is 48.5 Å². The summed E-state index contributed by atoms with van der Waals surface area (Å²) in [5.74, 6) is -0.127. The van der Waals surface area contributed by atoms with Crippen LogP contribution in [-0.2, 0) is 21.2 Å². The fraction of sp³-hybridized carbons (Fsp3) is 0.381. The van der Waals surface area contributed by atoms with Gasteiger partial charge < -0.3 is 5.32 Å². The van der Waals surface area contributed by atoms with Crippen molar-refractivity contribution in [1.29, 1.82) is 0 Å². The number of carbonyl (C=O) groups is 1. The SMILES string of the molecule is CCc1ccc(N([C@H](C)C(=O)Nc2ccccc2C(C)C)S(C)(=O)=O)cc1. The van der Waals surface area contributed by atoms with Gasteiger partial charge in [-0.3, -0.25) is 9.10 Å². The van der Waals surface area contributed by atoms with Crippen LogP contribution in [0.2, 0.25) is 0 Å². The summed E-state index contributed by atoms with van der Waals surface area (Å²) in [7, 11) is -3.63. The summed E-state index contributed by atoms with van der Waals surface area (Å²) in [5, 5.41) is 2.89. The van der Waals surface area contributed by atoms with Gasteiger partial charge in [0.1, 0.15) is 6.04 Å². The lowest BCUT2D eigenvalue weighted by molar-refractivity contribution is -0.116. The van der Waals surface area contributed by atoms with Crippen molar-refractivity contribution in [2.24, 2.45) is 0 Å². The third-order valence-electron chi connectivity index (χ3n) is 4.53. The van der Waals surface area contributed by atoms with Crippen LogP contribution in [0.5, 0.6) is 0 Å². The molecule has 2 aromatic carbocycles. The molecule has 0 saturated heterocycles. The van der Waals surface area contributed by atoms with E-state index in [-0.39, 0.29) is 11.8 Å². The van der Waals surface area contributed by atoms with Gasteiger partial charge in [0, 0.05) is 5.69 Å². The lowest BCUT2D eigenvalue weighted by Crippen LogP contribution is -2.45. The Morgan fingerprint density at radius 2 is 1.63 bits per heavy atom. The molecule has 0 heterocycles. The number of carbonyl (C=O) groups excluding carboxylic acids is 1. The Labute approximate surface area is 162 Å². The molecule has 2 aromatic rings. The predicted octanol–water partition coefficient (Wildman–Crippen LogP) is 4.17. The van der Waals surface area contributed by atoms with E-state index in [1.54, 1.807) is 19.1 Å². The average Bonchev–Trinajstić information content (AvgIpc) is 2.61. The number of para-hydroxylation sites is 1. The van der Waals surface area contributed by atoms with Gasteiger partial charge in [0.05, 0.1) is 11.9 Å². The molecule has 1 amide bonds. The number of hydrogen-bond donors (Lipinski definition) is 1. The van der Waals surface area contributed by atoms with Crippen LogP contribution in [0.3, 0.4) is 0 Å². The van der Waals surface area contributed by atoms with Crippen LogP contribution in [0.4, 0.5) is 11.4 Å². The molecule has 0 aromatic heterocycles. The fourth-order valence-electron chi connectivity index (χ4n) is 3.04. The van der Waals surface area contributed by atoms with E-state index in [2.05, 4.69) is 5.32 Å². The molecule has 0 radical (unpaired) electrons. The van der Waals surface area contributed by atoms with Crippen LogP contribution >= 0.6 is 0 Å². The quantitative estimate of drug-likeness (QED) is 0.774. The standard InChI is InChI=1S/C21H28N2O3S/c1-6-17-11-13-18(14-12-17)23(27(5,25)26)16(4)21(24)22-20-10-8-7-9-19(20)15(2)3/h7-16H,6H2,1-5H3,(H,22,24)/t16-/m1/s1. The van der Waals surface area contributed by atoms with E-state index in [9.17, 15) is 13.2 Å². The van der Waals surface area contributed by atoms with E-state index in [1.165, 1.54) is 4.31 Å². The van der Waals surface area contributed by atoms with Crippen LogP contribution < -0.4 is 9.62 Å². The Morgan fingerprint density at radius 1 is 1.04 bits per heavy atom. The number of benzene rings is 2. The van der Waals surface area contributed by atoms with Crippen LogP contribution in [0.1, 0.15) is 44.7 Å². The van der Waals surface area contributed by atoms with Gasteiger partial charge in [0.2, 0.25) is 15.9 Å². The normalized spacial score (nSPS) is 12.7. The first-order valence-corrected chi connectivity index (χ1v) is 11.0. The maximum Gasteiger partial charge on any atom is 0.248 e. The molecular formula is C21H28N2O3S. The molecule has 0 aliphatic carbocycles. The molecule has 5 nitrogen and oxygen atoms in total. The molecule has 0 bridgehead atoms. The Morgan fingerprint density at radius 3 is 2.15 bits per heavy atom. The zero-order valence-electron chi connectivity index (χ0n) is 16.6. The lowest BCUT2D eigenvalue weighted by atomic mass is 10.0. The molecule has 27 heavy (non-hydrogen) atoms. The summed E-state index contributed by atoms with van der Waals surface area (Å²) in [4.78, 5) is 12.9. The zero-order valence-corrected chi connectivity index (χ0v) is 17.4. The van der Waals surface area contributed by atoms with Crippen molar-refractivity contribution in [3.8, 4) is 0 Å². The molecule has 0 aliphatic heterocycles. The second-order valence-electron chi connectivity index (χ2n) is 6.99. The molecule has 0 spiro atoms. The van der Waals surface area contributed by atoms with E-state index in [4.69, 9.17) is 0 Å². The highest BCUT2D eigenvalue weighted by molar-refractivity contribution is 7.92. The Kier molecular flexibility index (Phi) is 6.65. The summed E-state index contributed by atoms with van der Waals surface area (Å²) >= 11 is 0. The van der Waals surface area contributed by atoms with Crippen molar-refractivity contribution in [2.75, 3.05) is 15.9 Å². The highest BCUT2D eigenvalue weighted by atomic mass is 32.2. The number of hydrogen-bond acceptors (Lipinski definition) is 3.